The summed E-state index contributed by atoms with van der Waals surface area (Å²) >= 11 is 6.08. The normalized spacial score (nSPS) is 17.3. The summed E-state index contributed by atoms with van der Waals surface area (Å²) < 4.78 is 0. The van der Waals surface area contributed by atoms with E-state index in [0.717, 1.165) is 13.1 Å². The van der Waals surface area contributed by atoms with Crippen LogP contribution < -0.4 is 24.8 Å². The van der Waals surface area contributed by atoms with E-state index >= 15 is 0 Å². The maximum atomic E-state index is 8.57. The summed E-state index contributed by atoms with van der Waals surface area (Å²) in [4.78, 5) is 5.32. The molecule has 0 bridgehead atoms. The van der Waals surface area contributed by atoms with Crippen molar-refractivity contribution in [1.82, 2.24) is 4.90 Å². The van der Waals surface area contributed by atoms with Crippen molar-refractivity contribution in [2.45, 2.75) is 19.9 Å². The Hall–Kier alpha value is 0.313. The fourth-order valence-electron chi connectivity index (χ4n) is 1.53. The van der Waals surface area contributed by atoms with Crippen molar-refractivity contribution in [1.29, 1.82) is 0 Å². The van der Waals surface area contributed by atoms with Crippen LogP contribution in [0.3, 0.4) is 0 Å². The van der Waals surface area contributed by atoms with Crippen molar-refractivity contribution in [2.75, 3.05) is 13.1 Å². The molecule has 1 aliphatic carbocycles. The van der Waals surface area contributed by atoms with Crippen molar-refractivity contribution in [3.63, 3.8) is 0 Å². The zero-order valence-electron chi connectivity index (χ0n) is 9.91. The first kappa shape index (κ1) is 22.5. The predicted octanol–water partition coefficient (Wildman–Crippen LogP) is -3.93. The van der Waals surface area contributed by atoms with Gasteiger partial charge in [-0.2, -0.15) is 4.79 Å². The van der Waals surface area contributed by atoms with E-state index in [1.165, 1.54) is 0 Å². The van der Waals surface area contributed by atoms with Gasteiger partial charge in [0.25, 0.3) is 0 Å². The Balaban J connectivity index is -0.000000653. The van der Waals surface area contributed by atoms with E-state index < -0.39 is 0 Å². The molecule has 0 heterocycles. The number of hydrogen-bond donors (Lipinski definition) is 0. The second kappa shape index (κ2) is 11.4. The molecule has 0 amide bonds. The molecule has 94 valence electrons. The molecule has 0 aromatic carbocycles. The Morgan fingerprint density at radius 2 is 1.88 bits per heavy atom. The van der Waals surface area contributed by atoms with E-state index in [1.807, 2.05) is 6.08 Å². The molecular weight excluding hydrogens is 334 g/mol. The molecule has 0 spiro atoms. The summed E-state index contributed by atoms with van der Waals surface area (Å²) in [6.07, 6.45) is 5.41. The monoisotopic (exact) mass is 345 g/mol. The third kappa shape index (κ3) is 6.15. The molecule has 0 aliphatic heterocycles. The summed E-state index contributed by atoms with van der Waals surface area (Å²) in [7, 11) is 0. The largest absolute Gasteiger partial charge is 1.00 e. The van der Waals surface area contributed by atoms with Gasteiger partial charge in [0.15, 0.2) is 0 Å². The van der Waals surface area contributed by atoms with Crippen LogP contribution in [0.1, 0.15) is 13.8 Å². The van der Waals surface area contributed by atoms with E-state index in [-0.39, 0.29) is 50.3 Å². The average molecular weight is 348 g/mol. The molecule has 0 radical (unpaired) electrons. The predicted molar refractivity (Wildman–Crippen MR) is 58.4 cm³/mol. The summed E-state index contributed by atoms with van der Waals surface area (Å²) in [6, 6.07) is 0.122. The minimum absolute atomic E-state index is 0. The van der Waals surface area contributed by atoms with E-state index in [4.69, 9.17) is 17.1 Å². The molecule has 0 aromatic heterocycles. The topological polar surface area (TPSA) is 39.6 Å². The Labute approximate surface area is 132 Å². The quantitative estimate of drug-likeness (QED) is 0.292. The third-order valence-electron chi connectivity index (χ3n) is 2.34. The number of halogens is 3. The zero-order valence-corrected chi connectivity index (χ0v) is 15.1. The molecule has 7 heteroatoms. The standard InChI is InChI=1S/C10H14ClN3.2ClH.Zn/c1-3-14(4-2)10-6-5-8(13-12)7-9(10)11;;;/h5-7,10H,3-4H2,1-2H3;2*1H;/p-2. The van der Waals surface area contributed by atoms with Crippen LogP contribution in [0.25, 0.3) is 5.53 Å². The van der Waals surface area contributed by atoms with Gasteiger partial charge in [0.1, 0.15) is 0 Å². The van der Waals surface area contributed by atoms with Gasteiger partial charge in [-0.3, -0.25) is 4.90 Å². The van der Waals surface area contributed by atoms with Crippen molar-refractivity contribution in [2.24, 2.45) is 0 Å². The van der Waals surface area contributed by atoms with Crippen molar-refractivity contribution in [3.05, 3.63) is 28.8 Å². The van der Waals surface area contributed by atoms with E-state index in [0.29, 0.717) is 10.7 Å². The van der Waals surface area contributed by atoms with Crippen molar-refractivity contribution < 1.29 is 49.1 Å². The van der Waals surface area contributed by atoms with Crippen LogP contribution in [0.5, 0.6) is 0 Å². The molecule has 17 heavy (non-hydrogen) atoms. The second-order valence-corrected chi connectivity index (χ2v) is 3.52. The van der Waals surface area contributed by atoms with Crippen molar-refractivity contribution >= 4 is 17.3 Å². The first-order valence-corrected chi connectivity index (χ1v) is 5.12. The van der Waals surface area contributed by atoms with Gasteiger partial charge in [0, 0.05) is 36.7 Å². The second-order valence-electron chi connectivity index (χ2n) is 3.08. The Bertz CT molecular complexity index is 321. The maximum Gasteiger partial charge on any atom is 0.316 e. The average Bonchev–Trinajstić information content (AvgIpc) is 2.22. The number of allylic oxidation sites excluding steroid dienone is 2. The summed E-state index contributed by atoms with van der Waals surface area (Å²) in [5.74, 6) is 0. The van der Waals surface area contributed by atoms with Gasteiger partial charge < -0.3 is 30.3 Å². The Morgan fingerprint density at radius 1 is 1.35 bits per heavy atom. The molecule has 1 atom stereocenters. The van der Waals surface area contributed by atoms with Crippen LogP contribution in [0, 0.1) is 0 Å². The summed E-state index contributed by atoms with van der Waals surface area (Å²) in [5.41, 5.74) is 9.07. The molecule has 3 nitrogen and oxygen atoms in total. The molecule has 0 saturated carbocycles. The summed E-state index contributed by atoms with van der Waals surface area (Å²) in [6.45, 7) is 6.08. The number of likely N-dealkylation sites (N-methyl/N-ethyl adjacent to an activating group) is 1. The first-order chi connectivity index (χ1) is 6.72. The van der Waals surface area contributed by atoms with E-state index in [9.17, 15) is 0 Å². The summed E-state index contributed by atoms with van der Waals surface area (Å²) in [5, 5.41) is 0.698. The smallest absolute Gasteiger partial charge is 0.316 e. The van der Waals surface area contributed by atoms with Gasteiger partial charge >= 0.3 is 5.71 Å². The van der Waals surface area contributed by atoms with Gasteiger partial charge in [0.2, 0.25) is 0 Å². The Kier molecular flexibility index (Phi) is 15.1. The number of hydrogen-bond acceptors (Lipinski definition) is 1. The zero-order chi connectivity index (χ0) is 10.6. The number of nitrogens with zero attached hydrogens (tertiary/aromatic N) is 3. The molecular formula is C10H14Cl3N3Zn-2. The van der Waals surface area contributed by atoms with Crippen LogP contribution in [0.2, 0.25) is 0 Å². The van der Waals surface area contributed by atoms with E-state index in [2.05, 4.69) is 23.5 Å². The van der Waals surface area contributed by atoms with Crippen LogP contribution >= 0.6 is 11.6 Å². The SMILES string of the molecule is CCN(CC)C1C=CC(=[N+]=[N-])C=C1Cl.[Cl-].[Cl-].[Zn]. The molecule has 0 aromatic rings. The first-order valence-electron chi connectivity index (χ1n) is 4.74. The third-order valence-corrected chi connectivity index (χ3v) is 2.67. The Morgan fingerprint density at radius 3 is 2.24 bits per heavy atom. The van der Waals surface area contributed by atoms with Crippen LogP contribution in [-0.2, 0) is 19.5 Å². The maximum absolute atomic E-state index is 8.57. The number of rotatable bonds is 3. The fraction of sp³-hybridized carbons (Fsp3) is 0.500. The molecule has 0 saturated heterocycles. The van der Waals surface area contributed by atoms with Gasteiger partial charge in [-0.05, 0) is 13.1 Å². The van der Waals surface area contributed by atoms with Gasteiger partial charge in [-0.1, -0.05) is 31.5 Å². The fourth-order valence-corrected chi connectivity index (χ4v) is 1.85. The van der Waals surface area contributed by atoms with Gasteiger partial charge in [-0.25, -0.2) is 0 Å². The van der Waals surface area contributed by atoms with Gasteiger partial charge in [-0.15, -0.1) is 0 Å². The molecule has 1 unspecified atom stereocenters. The molecule has 1 aliphatic rings. The minimum Gasteiger partial charge on any atom is -1.00 e. The van der Waals surface area contributed by atoms with Crippen LogP contribution in [0.15, 0.2) is 23.3 Å². The van der Waals surface area contributed by atoms with Crippen molar-refractivity contribution in [3.8, 4) is 0 Å². The van der Waals surface area contributed by atoms with Gasteiger partial charge in [0.05, 0.1) is 6.04 Å². The van der Waals surface area contributed by atoms with Crippen LogP contribution in [0.4, 0.5) is 0 Å². The van der Waals surface area contributed by atoms with Crippen LogP contribution in [-0.4, -0.2) is 34.5 Å². The minimum atomic E-state index is 0. The molecule has 1 rings (SSSR count). The molecule has 0 N–H and O–H groups in total. The van der Waals surface area contributed by atoms with E-state index in [1.54, 1.807) is 12.2 Å². The molecule has 0 fully saturated rings.